The van der Waals surface area contributed by atoms with E-state index in [4.69, 9.17) is 0 Å². The highest BCUT2D eigenvalue weighted by Gasteiger charge is 2.16. The molecule has 0 spiro atoms. The van der Waals surface area contributed by atoms with Crippen molar-refractivity contribution in [2.45, 2.75) is 6.10 Å². The van der Waals surface area contributed by atoms with E-state index in [9.17, 15) is 9.50 Å². The van der Waals surface area contributed by atoms with E-state index in [-0.39, 0.29) is 5.56 Å². The van der Waals surface area contributed by atoms with E-state index < -0.39 is 11.9 Å². The summed E-state index contributed by atoms with van der Waals surface area (Å²) in [4.78, 5) is 4.02. The average Bonchev–Trinajstić information content (AvgIpc) is 2.86. The molecule has 3 nitrogen and oxygen atoms in total. The first-order chi connectivity index (χ1) is 8.77. The maximum atomic E-state index is 13.7. The predicted molar refractivity (Wildman–Crippen MR) is 65.7 cm³/mol. The van der Waals surface area contributed by atoms with Gasteiger partial charge < -0.3 is 9.51 Å². The van der Waals surface area contributed by atoms with Gasteiger partial charge in [0.1, 0.15) is 11.9 Å². The Morgan fingerprint density at radius 2 is 1.94 bits per heavy atom. The molecule has 1 N–H and O–H groups in total. The fourth-order valence-corrected chi connectivity index (χ4v) is 2.05. The zero-order valence-corrected chi connectivity index (χ0v) is 9.49. The fourth-order valence-electron chi connectivity index (χ4n) is 2.05. The maximum absolute atomic E-state index is 13.7. The maximum Gasteiger partial charge on any atom is 0.129 e. The highest BCUT2D eigenvalue weighted by Crippen LogP contribution is 2.24. The molecule has 3 aromatic rings. The number of aromatic nitrogens is 2. The Kier molecular flexibility index (Phi) is 2.57. The average molecular weight is 242 g/mol. The Labute approximate surface area is 103 Å². The van der Waals surface area contributed by atoms with Gasteiger partial charge in [0.15, 0.2) is 0 Å². The molecular formula is C14H11FN2O. The highest BCUT2D eigenvalue weighted by molar-refractivity contribution is 5.47. The van der Waals surface area contributed by atoms with Crippen molar-refractivity contribution in [3.63, 3.8) is 0 Å². The van der Waals surface area contributed by atoms with Crippen molar-refractivity contribution >= 4 is 5.52 Å². The molecule has 18 heavy (non-hydrogen) atoms. The van der Waals surface area contributed by atoms with E-state index in [0.717, 1.165) is 5.52 Å². The molecule has 0 bridgehead atoms. The quantitative estimate of drug-likeness (QED) is 0.750. The van der Waals surface area contributed by atoms with Crippen LogP contribution in [0.3, 0.4) is 0 Å². The molecule has 0 aliphatic carbocycles. The van der Waals surface area contributed by atoms with Crippen LogP contribution in [-0.2, 0) is 0 Å². The first-order valence-corrected chi connectivity index (χ1v) is 5.61. The number of halogens is 1. The number of aliphatic hydroxyl groups is 1. The molecule has 0 saturated heterocycles. The summed E-state index contributed by atoms with van der Waals surface area (Å²) < 4.78 is 15.4. The number of fused-ring (bicyclic) bond motifs is 1. The van der Waals surface area contributed by atoms with Crippen LogP contribution >= 0.6 is 0 Å². The third-order valence-electron chi connectivity index (χ3n) is 2.96. The zero-order valence-electron chi connectivity index (χ0n) is 9.49. The minimum absolute atomic E-state index is 0.263. The van der Waals surface area contributed by atoms with Crippen LogP contribution in [0.4, 0.5) is 4.39 Å². The summed E-state index contributed by atoms with van der Waals surface area (Å²) in [5, 5.41) is 10.3. The SMILES string of the molecule is OC(c1ccccc1F)c1cccc2cncn12. The lowest BCUT2D eigenvalue weighted by atomic mass is 10.1. The van der Waals surface area contributed by atoms with E-state index in [1.807, 2.05) is 12.1 Å². The molecule has 0 fully saturated rings. The van der Waals surface area contributed by atoms with Crippen LogP contribution in [0.15, 0.2) is 55.0 Å². The van der Waals surface area contributed by atoms with Crippen molar-refractivity contribution in [3.05, 3.63) is 72.1 Å². The van der Waals surface area contributed by atoms with Gasteiger partial charge in [-0.3, -0.25) is 0 Å². The molecule has 0 aliphatic heterocycles. The van der Waals surface area contributed by atoms with Crippen LogP contribution in [0.2, 0.25) is 0 Å². The number of pyridine rings is 1. The predicted octanol–water partition coefficient (Wildman–Crippen LogP) is 2.56. The van der Waals surface area contributed by atoms with Gasteiger partial charge in [0.25, 0.3) is 0 Å². The van der Waals surface area contributed by atoms with Gasteiger partial charge >= 0.3 is 0 Å². The number of nitrogens with zero attached hydrogens (tertiary/aromatic N) is 2. The van der Waals surface area contributed by atoms with E-state index in [1.54, 1.807) is 41.2 Å². The molecule has 0 aliphatic rings. The van der Waals surface area contributed by atoms with E-state index >= 15 is 0 Å². The first kappa shape index (κ1) is 10.9. The van der Waals surface area contributed by atoms with Gasteiger partial charge in [-0.1, -0.05) is 24.3 Å². The van der Waals surface area contributed by atoms with Gasteiger partial charge in [-0.25, -0.2) is 9.37 Å². The van der Waals surface area contributed by atoms with Crippen LogP contribution in [0.5, 0.6) is 0 Å². The summed E-state index contributed by atoms with van der Waals surface area (Å²) >= 11 is 0. The number of aliphatic hydroxyl groups excluding tert-OH is 1. The molecule has 0 saturated carbocycles. The van der Waals surface area contributed by atoms with Crippen molar-refractivity contribution in [1.29, 1.82) is 0 Å². The van der Waals surface area contributed by atoms with Crippen LogP contribution in [0.1, 0.15) is 17.4 Å². The lowest BCUT2D eigenvalue weighted by molar-refractivity contribution is 0.208. The number of hydrogen-bond donors (Lipinski definition) is 1. The topological polar surface area (TPSA) is 37.5 Å². The van der Waals surface area contributed by atoms with Crippen molar-refractivity contribution < 1.29 is 9.50 Å². The van der Waals surface area contributed by atoms with Crippen molar-refractivity contribution in [3.8, 4) is 0 Å². The second-order valence-corrected chi connectivity index (χ2v) is 4.06. The monoisotopic (exact) mass is 242 g/mol. The number of benzene rings is 1. The van der Waals surface area contributed by atoms with Crippen LogP contribution in [0.25, 0.3) is 5.52 Å². The third kappa shape index (κ3) is 1.67. The number of hydrogen-bond acceptors (Lipinski definition) is 2. The molecule has 1 unspecified atom stereocenters. The summed E-state index contributed by atoms with van der Waals surface area (Å²) in [6.45, 7) is 0. The lowest BCUT2D eigenvalue weighted by Gasteiger charge is -2.14. The Balaban J connectivity index is 2.15. The second-order valence-electron chi connectivity index (χ2n) is 4.06. The molecule has 90 valence electrons. The lowest BCUT2D eigenvalue weighted by Crippen LogP contribution is -2.07. The van der Waals surface area contributed by atoms with E-state index in [0.29, 0.717) is 5.69 Å². The highest BCUT2D eigenvalue weighted by atomic mass is 19.1. The fraction of sp³-hybridized carbons (Fsp3) is 0.0714. The summed E-state index contributed by atoms with van der Waals surface area (Å²) in [6.07, 6.45) is 2.29. The standard InChI is InChI=1S/C14H11FN2O/c15-12-6-2-1-5-11(12)14(18)13-7-3-4-10-8-16-9-17(10)13/h1-9,14,18H. The van der Waals surface area contributed by atoms with Gasteiger partial charge in [0, 0.05) is 5.56 Å². The van der Waals surface area contributed by atoms with Crippen molar-refractivity contribution in [2.75, 3.05) is 0 Å². The van der Waals surface area contributed by atoms with Gasteiger partial charge in [-0.2, -0.15) is 0 Å². The Morgan fingerprint density at radius 1 is 1.11 bits per heavy atom. The molecule has 2 heterocycles. The molecule has 0 radical (unpaired) electrons. The number of rotatable bonds is 2. The zero-order chi connectivity index (χ0) is 12.5. The van der Waals surface area contributed by atoms with Gasteiger partial charge in [0.2, 0.25) is 0 Å². The molecule has 1 atom stereocenters. The largest absolute Gasteiger partial charge is 0.382 e. The summed E-state index contributed by atoms with van der Waals surface area (Å²) in [5.41, 5.74) is 1.72. The third-order valence-corrected chi connectivity index (χ3v) is 2.96. The van der Waals surface area contributed by atoms with Crippen molar-refractivity contribution in [1.82, 2.24) is 9.38 Å². The van der Waals surface area contributed by atoms with Gasteiger partial charge in [0.05, 0.1) is 23.7 Å². The Morgan fingerprint density at radius 3 is 2.78 bits per heavy atom. The van der Waals surface area contributed by atoms with Gasteiger partial charge in [-0.15, -0.1) is 0 Å². The molecule has 1 aromatic carbocycles. The van der Waals surface area contributed by atoms with E-state index in [2.05, 4.69) is 4.98 Å². The van der Waals surface area contributed by atoms with Crippen molar-refractivity contribution in [2.24, 2.45) is 0 Å². The van der Waals surface area contributed by atoms with Crippen LogP contribution in [-0.4, -0.2) is 14.5 Å². The normalized spacial score (nSPS) is 12.8. The first-order valence-electron chi connectivity index (χ1n) is 5.61. The molecule has 2 aromatic heterocycles. The summed E-state index contributed by atoms with van der Waals surface area (Å²) in [6, 6.07) is 11.7. The minimum atomic E-state index is -1.01. The van der Waals surface area contributed by atoms with E-state index in [1.165, 1.54) is 6.07 Å². The Hall–Kier alpha value is -2.20. The summed E-state index contributed by atoms with van der Waals surface area (Å²) in [7, 11) is 0. The number of imidazole rings is 1. The van der Waals surface area contributed by atoms with Crippen LogP contribution in [0, 0.1) is 5.82 Å². The molecule has 0 amide bonds. The molecular weight excluding hydrogens is 231 g/mol. The second kappa shape index (κ2) is 4.23. The smallest absolute Gasteiger partial charge is 0.129 e. The summed E-state index contributed by atoms with van der Waals surface area (Å²) in [5.74, 6) is -0.415. The molecule has 4 heteroatoms. The molecule has 3 rings (SSSR count). The minimum Gasteiger partial charge on any atom is -0.382 e. The van der Waals surface area contributed by atoms with Gasteiger partial charge in [-0.05, 0) is 18.2 Å². The van der Waals surface area contributed by atoms with Crippen LogP contribution < -0.4 is 0 Å². The Bertz CT molecular complexity index is 693.